The molecule has 3 aromatic rings. The second-order valence-corrected chi connectivity index (χ2v) is 10.3. The highest BCUT2D eigenvalue weighted by atomic mass is 32.2. The van der Waals surface area contributed by atoms with Crippen LogP contribution in [0.2, 0.25) is 0 Å². The quantitative estimate of drug-likeness (QED) is 0.616. The van der Waals surface area contributed by atoms with Crippen LogP contribution in [-0.2, 0) is 16.4 Å². The summed E-state index contributed by atoms with van der Waals surface area (Å²) in [6.07, 6.45) is 1.75. The maximum Gasteiger partial charge on any atom is 0.268 e. The van der Waals surface area contributed by atoms with Crippen LogP contribution >= 0.6 is 11.3 Å². The van der Waals surface area contributed by atoms with Crippen LogP contribution in [0.4, 0.5) is 11.4 Å². The Labute approximate surface area is 181 Å². The fourth-order valence-electron chi connectivity index (χ4n) is 4.18. The Morgan fingerprint density at radius 3 is 2.47 bits per heavy atom. The molecular formula is C23H24N2O3S2. The fraction of sp³-hybridized carbons (Fsp3) is 0.261. The molecule has 0 bridgehead atoms. The van der Waals surface area contributed by atoms with Gasteiger partial charge in [-0.1, -0.05) is 29.8 Å². The number of nitrogens with zero attached hydrogens (tertiary/aromatic N) is 1. The van der Waals surface area contributed by atoms with Crippen molar-refractivity contribution in [3.8, 4) is 0 Å². The highest BCUT2D eigenvalue weighted by Crippen LogP contribution is 2.33. The molecule has 0 saturated carbocycles. The number of carbonyl (C=O) groups excluding carboxylic acids is 1. The largest absolute Gasteiger partial charge is 0.307 e. The number of amides is 1. The van der Waals surface area contributed by atoms with Gasteiger partial charge in [0.2, 0.25) is 0 Å². The lowest BCUT2D eigenvalue weighted by Gasteiger charge is -2.29. The van der Waals surface area contributed by atoms with Gasteiger partial charge in [0.05, 0.1) is 15.5 Å². The zero-order chi connectivity index (χ0) is 21.5. The average Bonchev–Trinajstić information content (AvgIpc) is 3.20. The van der Waals surface area contributed by atoms with Gasteiger partial charge in [-0.25, -0.2) is 8.42 Å². The first-order chi connectivity index (χ1) is 14.3. The van der Waals surface area contributed by atoms with Crippen LogP contribution in [0.25, 0.3) is 0 Å². The van der Waals surface area contributed by atoms with Crippen molar-refractivity contribution < 1.29 is 13.2 Å². The molecule has 1 amide bonds. The number of fused-ring (bicyclic) bond motifs is 1. The van der Waals surface area contributed by atoms with Gasteiger partial charge in [0.1, 0.15) is 0 Å². The van der Waals surface area contributed by atoms with Crippen LogP contribution in [0.15, 0.2) is 52.7 Å². The molecule has 0 spiro atoms. The van der Waals surface area contributed by atoms with Gasteiger partial charge in [-0.3, -0.25) is 9.52 Å². The molecular weight excluding hydrogens is 416 g/mol. The van der Waals surface area contributed by atoms with Gasteiger partial charge in [-0.05, 0) is 73.9 Å². The number of sulfonamides is 1. The summed E-state index contributed by atoms with van der Waals surface area (Å²) in [5.74, 6) is -0.0452. The number of hydrogen-bond acceptors (Lipinski definition) is 4. The van der Waals surface area contributed by atoms with Crippen molar-refractivity contribution in [3.05, 3.63) is 75.0 Å². The molecule has 2 aromatic carbocycles. The van der Waals surface area contributed by atoms with E-state index in [-0.39, 0.29) is 5.91 Å². The Morgan fingerprint density at radius 2 is 1.80 bits per heavy atom. The van der Waals surface area contributed by atoms with E-state index in [0.29, 0.717) is 33.1 Å². The molecule has 0 unspecified atom stereocenters. The van der Waals surface area contributed by atoms with Crippen molar-refractivity contribution in [1.29, 1.82) is 0 Å². The van der Waals surface area contributed by atoms with Crippen molar-refractivity contribution in [2.45, 2.75) is 38.5 Å². The Kier molecular flexibility index (Phi) is 5.42. The highest BCUT2D eigenvalue weighted by molar-refractivity contribution is 7.92. The molecule has 7 heteroatoms. The Balaban J connectivity index is 1.69. The van der Waals surface area contributed by atoms with Crippen LogP contribution in [0, 0.1) is 20.8 Å². The summed E-state index contributed by atoms with van der Waals surface area (Å²) in [4.78, 5) is 15.7. The number of rotatable bonds is 4. The third-order valence-corrected chi connectivity index (χ3v) is 7.85. The van der Waals surface area contributed by atoms with E-state index >= 15 is 0 Å². The number of benzene rings is 2. The van der Waals surface area contributed by atoms with Gasteiger partial charge in [-0.2, -0.15) is 0 Å². The molecule has 0 fully saturated rings. The minimum absolute atomic E-state index is 0.0452. The van der Waals surface area contributed by atoms with Crippen LogP contribution in [0.1, 0.15) is 38.3 Å². The second kappa shape index (κ2) is 7.89. The fourth-order valence-corrected chi connectivity index (χ4v) is 6.36. The molecule has 30 heavy (non-hydrogen) atoms. The number of nitrogens with one attached hydrogen (secondary N) is 1. The molecule has 1 aromatic heterocycles. The van der Waals surface area contributed by atoms with E-state index in [9.17, 15) is 13.2 Å². The summed E-state index contributed by atoms with van der Waals surface area (Å²) in [5, 5.41) is 1.88. The predicted molar refractivity (Wildman–Crippen MR) is 122 cm³/mol. The lowest BCUT2D eigenvalue weighted by atomic mass is 10.0. The molecule has 0 radical (unpaired) electrons. The molecule has 1 N–H and O–H groups in total. The van der Waals surface area contributed by atoms with Crippen LogP contribution in [-0.4, -0.2) is 20.9 Å². The molecule has 0 saturated heterocycles. The number of carbonyl (C=O) groups is 1. The average molecular weight is 441 g/mol. The Hall–Kier alpha value is -2.64. The van der Waals surface area contributed by atoms with Crippen LogP contribution in [0.5, 0.6) is 0 Å². The summed E-state index contributed by atoms with van der Waals surface area (Å²) < 4.78 is 29.0. The minimum Gasteiger partial charge on any atom is -0.307 e. The third kappa shape index (κ3) is 3.87. The smallest absolute Gasteiger partial charge is 0.268 e. The van der Waals surface area contributed by atoms with Crippen molar-refractivity contribution in [2.24, 2.45) is 0 Å². The third-order valence-electron chi connectivity index (χ3n) is 5.31. The maximum absolute atomic E-state index is 13.1. The van der Waals surface area contributed by atoms with Crippen molar-refractivity contribution in [2.75, 3.05) is 16.2 Å². The number of thiophene rings is 1. The van der Waals surface area contributed by atoms with E-state index < -0.39 is 10.0 Å². The van der Waals surface area contributed by atoms with Gasteiger partial charge in [0.25, 0.3) is 15.9 Å². The Bertz CT molecular complexity index is 1190. The molecule has 4 rings (SSSR count). The molecule has 0 atom stereocenters. The van der Waals surface area contributed by atoms with Crippen molar-refractivity contribution in [3.63, 3.8) is 0 Å². The van der Waals surface area contributed by atoms with Crippen molar-refractivity contribution >= 4 is 38.6 Å². The number of aryl methyl sites for hydroxylation is 4. The first-order valence-electron chi connectivity index (χ1n) is 9.85. The van der Waals surface area contributed by atoms with E-state index in [1.54, 1.807) is 17.0 Å². The summed E-state index contributed by atoms with van der Waals surface area (Å²) in [6.45, 7) is 6.19. The SMILES string of the molecule is Cc1cc(C)c(S(=O)(=O)Nc2ccc3c(c2)N(C(=O)c2cccs2)CCC3)c(C)c1. The summed E-state index contributed by atoms with van der Waals surface area (Å²) in [7, 11) is -3.75. The first-order valence-corrected chi connectivity index (χ1v) is 12.2. The summed E-state index contributed by atoms with van der Waals surface area (Å²) in [6, 6.07) is 12.9. The molecule has 156 valence electrons. The predicted octanol–water partition coefficient (Wildman–Crippen LogP) is 5.07. The lowest BCUT2D eigenvalue weighted by molar-refractivity contribution is 0.0989. The first kappa shape index (κ1) is 20.6. The van der Waals surface area contributed by atoms with Gasteiger partial charge in [0, 0.05) is 12.2 Å². The van der Waals surface area contributed by atoms with Gasteiger partial charge in [-0.15, -0.1) is 11.3 Å². The normalized spacial score (nSPS) is 13.8. The number of hydrogen-bond donors (Lipinski definition) is 1. The van der Waals surface area contributed by atoms with E-state index in [2.05, 4.69) is 4.72 Å². The second-order valence-electron chi connectivity index (χ2n) is 7.71. The van der Waals surface area contributed by atoms with E-state index in [4.69, 9.17) is 0 Å². The zero-order valence-electron chi connectivity index (χ0n) is 17.2. The van der Waals surface area contributed by atoms with Gasteiger partial charge >= 0.3 is 0 Å². The van der Waals surface area contributed by atoms with E-state index in [1.165, 1.54) is 11.3 Å². The van der Waals surface area contributed by atoms with Gasteiger partial charge in [0.15, 0.2) is 0 Å². The molecule has 5 nitrogen and oxygen atoms in total. The molecule has 0 aliphatic carbocycles. The molecule has 1 aliphatic heterocycles. The zero-order valence-corrected chi connectivity index (χ0v) is 18.9. The Morgan fingerprint density at radius 1 is 1.07 bits per heavy atom. The highest BCUT2D eigenvalue weighted by Gasteiger charge is 2.26. The molecule has 2 heterocycles. The van der Waals surface area contributed by atoms with E-state index in [1.807, 2.05) is 56.5 Å². The van der Waals surface area contributed by atoms with Crippen molar-refractivity contribution in [1.82, 2.24) is 0 Å². The monoisotopic (exact) mass is 440 g/mol. The van der Waals surface area contributed by atoms with Crippen LogP contribution in [0.3, 0.4) is 0 Å². The topological polar surface area (TPSA) is 66.5 Å². The summed E-state index contributed by atoms with van der Waals surface area (Å²) in [5.41, 5.74) is 4.74. The lowest BCUT2D eigenvalue weighted by Crippen LogP contribution is -2.35. The standard InChI is InChI=1S/C23H24N2O3S2/c1-15-12-16(2)22(17(3)13-15)30(27,28)24-19-9-8-18-6-4-10-25(20(18)14-19)23(26)21-7-5-11-29-21/h5,7-9,11-14,24H,4,6,10H2,1-3H3. The maximum atomic E-state index is 13.1. The van der Waals surface area contributed by atoms with Gasteiger partial charge < -0.3 is 4.90 Å². The molecule has 1 aliphatic rings. The number of anilines is 2. The minimum atomic E-state index is -3.75. The van der Waals surface area contributed by atoms with Crippen LogP contribution < -0.4 is 9.62 Å². The van der Waals surface area contributed by atoms with E-state index in [0.717, 1.165) is 29.7 Å². The summed E-state index contributed by atoms with van der Waals surface area (Å²) >= 11 is 1.41.